The monoisotopic (exact) mass is 291 g/mol. The summed E-state index contributed by atoms with van der Waals surface area (Å²) in [6.07, 6.45) is 0.926. The summed E-state index contributed by atoms with van der Waals surface area (Å²) in [4.78, 5) is 26.8. The summed E-state index contributed by atoms with van der Waals surface area (Å²) in [6, 6.07) is 7.22. The van der Waals surface area contributed by atoms with E-state index >= 15 is 0 Å². The Morgan fingerprint density at radius 1 is 1.43 bits per heavy atom. The number of anilines is 1. The summed E-state index contributed by atoms with van der Waals surface area (Å²) in [7, 11) is 4.03. The van der Waals surface area contributed by atoms with Crippen molar-refractivity contribution in [3.63, 3.8) is 0 Å². The van der Waals surface area contributed by atoms with E-state index in [1.165, 1.54) is 0 Å². The molecule has 1 heterocycles. The maximum atomic E-state index is 12.2. The van der Waals surface area contributed by atoms with Crippen molar-refractivity contribution in [2.45, 2.75) is 18.9 Å². The van der Waals surface area contributed by atoms with Crippen LogP contribution in [0.4, 0.5) is 10.5 Å². The van der Waals surface area contributed by atoms with E-state index < -0.39 is 5.97 Å². The summed E-state index contributed by atoms with van der Waals surface area (Å²) >= 11 is 0. The number of likely N-dealkylation sites (tertiary alicyclic amines) is 1. The second kappa shape index (κ2) is 6.58. The Kier molecular flexibility index (Phi) is 4.80. The van der Waals surface area contributed by atoms with Crippen LogP contribution in [0.15, 0.2) is 24.3 Å². The largest absolute Gasteiger partial charge is 0.481 e. The molecule has 21 heavy (non-hydrogen) atoms. The highest BCUT2D eigenvalue weighted by Gasteiger charge is 2.27. The predicted octanol–water partition coefficient (Wildman–Crippen LogP) is 1.48. The summed E-state index contributed by atoms with van der Waals surface area (Å²) in [6.45, 7) is 1.46. The third kappa shape index (κ3) is 4.19. The second-order valence-corrected chi connectivity index (χ2v) is 5.55. The average molecular weight is 291 g/mol. The number of aliphatic carboxylic acids is 1. The molecule has 6 heteroatoms. The van der Waals surface area contributed by atoms with Crippen molar-refractivity contribution in [3.8, 4) is 0 Å². The fourth-order valence-corrected chi connectivity index (χ4v) is 2.48. The van der Waals surface area contributed by atoms with Crippen LogP contribution in [0.25, 0.3) is 0 Å². The predicted molar refractivity (Wildman–Crippen MR) is 80.5 cm³/mol. The van der Waals surface area contributed by atoms with Crippen molar-refractivity contribution in [2.75, 3.05) is 32.5 Å². The topological polar surface area (TPSA) is 72.9 Å². The fraction of sp³-hybridized carbons (Fsp3) is 0.467. The lowest BCUT2D eigenvalue weighted by Crippen LogP contribution is -2.36. The van der Waals surface area contributed by atoms with Crippen molar-refractivity contribution in [2.24, 2.45) is 0 Å². The first-order chi connectivity index (χ1) is 9.95. The van der Waals surface area contributed by atoms with Gasteiger partial charge in [-0.05, 0) is 38.2 Å². The maximum absolute atomic E-state index is 12.2. The van der Waals surface area contributed by atoms with E-state index in [-0.39, 0.29) is 12.5 Å². The summed E-state index contributed by atoms with van der Waals surface area (Å²) in [5.74, 6) is -0.883. The average Bonchev–Trinajstić information content (AvgIpc) is 2.88. The van der Waals surface area contributed by atoms with Crippen LogP contribution in [0.1, 0.15) is 12.0 Å². The molecule has 1 aliphatic heterocycles. The molecule has 1 saturated heterocycles. The first kappa shape index (κ1) is 15.3. The number of benzene rings is 1. The van der Waals surface area contributed by atoms with E-state index in [9.17, 15) is 9.59 Å². The Bertz CT molecular complexity index is 531. The lowest BCUT2D eigenvalue weighted by Gasteiger charge is -2.20. The minimum Gasteiger partial charge on any atom is -0.481 e. The van der Waals surface area contributed by atoms with Crippen molar-refractivity contribution in [1.82, 2.24) is 9.80 Å². The van der Waals surface area contributed by atoms with Crippen molar-refractivity contribution < 1.29 is 14.7 Å². The smallest absolute Gasteiger partial charge is 0.321 e. The van der Waals surface area contributed by atoms with Crippen LogP contribution >= 0.6 is 0 Å². The number of nitrogens with zero attached hydrogens (tertiary/aromatic N) is 2. The number of rotatable bonds is 4. The number of carboxylic acid groups (broad SMARTS) is 1. The number of hydrogen-bond donors (Lipinski definition) is 2. The molecular formula is C15H21N3O3. The molecule has 114 valence electrons. The molecule has 1 fully saturated rings. The zero-order chi connectivity index (χ0) is 15.4. The second-order valence-electron chi connectivity index (χ2n) is 5.55. The van der Waals surface area contributed by atoms with Crippen LogP contribution in [0.2, 0.25) is 0 Å². The molecule has 1 aromatic rings. The van der Waals surface area contributed by atoms with E-state index in [0.29, 0.717) is 23.8 Å². The number of amides is 2. The van der Waals surface area contributed by atoms with Gasteiger partial charge in [0.05, 0.1) is 6.42 Å². The van der Waals surface area contributed by atoms with Gasteiger partial charge < -0.3 is 20.2 Å². The van der Waals surface area contributed by atoms with E-state index in [1.54, 1.807) is 29.2 Å². The summed E-state index contributed by atoms with van der Waals surface area (Å²) in [5.41, 5.74) is 1.31. The number of nitrogens with one attached hydrogen (secondary N) is 1. The molecule has 0 bridgehead atoms. The number of carboxylic acids is 1. The lowest BCUT2D eigenvalue weighted by molar-refractivity contribution is -0.136. The van der Waals surface area contributed by atoms with Gasteiger partial charge in [0.25, 0.3) is 0 Å². The minimum absolute atomic E-state index is 0.0455. The third-order valence-electron chi connectivity index (χ3n) is 3.71. The van der Waals surface area contributed by atoms with Crippen molar-refractivity contribution in [3.05, 3.63) is 29.8 Å². The molecule has 2 amide bonds. The first-order valence-electron chi connectivity index (χ1n) is 6.99. The zero-order valence-corrected chi connectivity index (χ0v) is 12.4. The van der Waals surface area contributed by atoms with Gasteiger partial charge in [-0.3, -0.25) is 4.79 Å². The van der Waals surface area contributed by atoms with Crippen LogP contribution in [0.3, 0.4) is 0 Å². The Hall–Kier alpha value is -2.08. The molecule has 1 aliphatic rings. The summed E-state index contributed by atoms with van der Waals surface area (Å²) < 4.78 is 0. The Labute approximate surface area is 124 Å². The minimum atomic E-state index is -0.883. The van der Waals surface area contributed by atoms with Crippen LogP contribution in [-0.4, -0.2) is 60.1 Å². The SMILES string of the molecule is CN(C)C1CCN(C(=O)Nc2cccc(CC(=O)O)c2)C1. The van der Waals surface area contributed by atoms with Gasteiger partial charge in [-0.25, -0.2) is 4.79 Å². The molecule has 0 spiro atoms. The van der Waals surface area contributed by atoms with Gasteiger partial charge in [-0.1, -0.05) is 12.1 Å². The highest BCUT2D eigenvalue weighted by molar-refractivity contribution is 5.89. The van der Waals surface area contributed by atoms with Crippen molar-refractivity contribution >= 4 is 17.7 Å². The maximum Gasteiger partial charge on any atom is 0.321 e. The quantitative estimate of drug-likeness (QED) is 0.881. The van der Waals surface area contributed by atoms with Crippen molar-refractivity contribution in [1.29, 1.82) is 0 Å². The normalized spacial score (nSPS) is 18.0. The molecule has 1 atom stereocenters. The molecule has 6 nitrogen and oxygen atoms in total. The number of likely N-dealkylation sites (N-methyl/N-ethyl adjacent to an activating group) is 1. The van der Waals surface area contributed by atoms with Gasteiger partial charge in [0.2, 0.25) is 0 Å². The molecule has 2 N–H and O–H groups in total. The van der Waals surface area contributed by atoms with E-state index in [0.717, 1.165) is 13.0 Å². The molecule has 0 saturated carbocycles. The molecule has 1 aromatic carbocycles. The lowest BCUT2D eigenvalue weighted by atomic mass is 10.1. The van der Waals surface area contributed by atoms with Crippen LogP contribution in [0.5, 0.6) is 0 Å². The standard InChI is InChI=1S/C15H21N3O3/c1-17(2)13-6-7-18(10-13)15(21)16-12-5-3-4-11(8-12)9-14(19)20/h3-5,8,13H,6-7,9-10H2,1-2H3,(H,16,21)(H,19,20). The van der Waals surface area contributed by atoms with Gasteiger partial charge in [0.15, 0.2) is 0 Å². The van der Waals surface area contributed by atoms with Gasteiger partial charge in [0, 0.05) is 24.8 Å². The van der Waals surface area contributed by atoms with Gasteiger partial charge >= 0.3 is 12.0 Å². The molecule has 0 radical (unpaired) electrons. The Morgan fingerprint density at radius 3 is 2.81 bits per heavy atom. The number of carbonyl (C=O) groups excluding carboxylic acids is 1. The van der Waals surface area contributed by atoms with Crippen LogP contribution in [-0.2, 0) is 11.2 Å². The van der Waals surface area contributed by atoms with E-state index in [4.69, 9.17) is 5.11 Å². The molecular weight excluding hydrogens is 270 g/mol. The van der Waals surface area contributed by atoms with Gasteiger partial charge in [-0.15, -0.1) is 0 Å². The van der Waals surface area contributed by atoms with E-state index in [2.05, 4.69) is 10.2 Å². The fourth-order valence-electron chi connectivity index (χ4n) is 2.48. The van der Waals surface area contributed by atoms with Crippen LogP contribution < -0.4 is 5.32 Å². The van der Waals surface area contributed by atoms with Crippen LogP contribution in [0, 0.1) is 0 Å². The Morgan fingerprint density at radius 2 is 2.19 bits per heavy atom. The highest BCUT2D eigenvalue weighted by atomic mass is 16.4. The van der Waals surface area contributed by atoms with E-state index in [1.807, 2.05) is 14.1 Å². The Balaban J connectivity index is 1.95. The molecule has 1 unspecified atom stereocenters. The zero-order valence-electron chi connectivity index (χ0n) is 12.4. The highest BCUT2D eigenvalue weighted by Crippen LogP contribution is 2.16. The molecule has 0 aliphatic carbocycles. The number of hydrogen-bond acceptors (Lipinski definition) is 3. The number of urea groups is 1. The third-order valence-corrected chi connectivity index (χ3v) is 3.71. The summed E-state index contributed by atoms with van der Waals surface area (Å²) in [5, 5.41) is 11.6. The van der Waals surface area contributed by atoms with Gasteiger partial charge in [0.1, 0.15) is 0 Å². The molecule has 0 aromatic heterocycles. The van der Waals surface area contributed by atoms with Gasteiger partial charge in [-0.2, -0.15) is 0 Å². The molecule has 2 rings (SSSR count). The first-order valence-corrected chi connectivity index (χ1v) is 6.99. The number of carbonyl (C=O) groups is 2.